The number of carboxylic acid groups (broad SMARTS) is 1. The fraction of sp³-hybridized carbons (Fsp3) is 0.933. The number of hydrogen-bond acceptors (Lipinski definition) is 2. The Bertz CT molecular complexity index is 280. The van der Waals surface area contributed by atoms with Gasteiger partial charge < -0.3 is 10.4 Å². The van der Waals surface area contributed by atoms with Gasteiger partial charge in [0.05, 0.1) is 5.92 Å². The molecule has 4 unspecified atom stereocenters. The maximum atomic E-state index is 11.1. The molecular formula is C15H27NO2. The summed E-state index contributed by atoms with van der Waals surface area (Å²) in [5, 5.41) is 12.7. The van der Waals surface area contributed by atoms with Crippen LogP contribution in [0.25, 0.3) is 0 Å². The second kappa shape index (κ2) is 6.55. The monoisotopic (exact) mass is 253 g/mol. The molecule has 0 aliphatic heterocycles. The van der Waals surface area contributed by atoms with Gasteiger partial charge in [-0.2, -0.15) is 0 Å². The minimum atomic E-state index is -0.592. The summed E-state index contributed by atoms with van der Waals surface area (Å²) in [5.74, 6) is 1.37. The quantitative estimate of drug-likeness (QED) is 0.792. The molecule has 2 N–H and O–H groups in total. The number of aliphatic carboxylic acids is 1. The van der Waals surface area contributed by atoms with Crippen molar-refractivity contribution in [2.45, 2.75) is 51.9 Å². The fourth-order valence-corrected chi connectivity index (χ4v) is 3.82. The van der Waals surface area contributed by atoms with Crippen molar-refractivity contribution in [1.82, 2.24) is 5.32 Å². The van der Waals surface area contributed by atoms with E-state index in [9.17, 15) is 4.79 Å². The van der Waals surface area contributed by atoms with Crippen LogP contribution in [0.2, 0.25) is 0 Å². The minimum absolute atomic E-state index is 0.0946. The second-order valence-corrected chi connectivity index (χ2v) is 6.43. The SMILES string of the molecule is CC1CCCC(CNCC2CCCC2C(=O)O)C1. The van der Waals surface area contributed by atoms with E-state index < -0.39 is 5.97 Å². The van der Waals surface area contributed by atoms with E-state index in [0.717, 1.165) is 44.2 Å². The van der Waals surface area contributed by atoms with Crippen molar-refractivity contribution in [2.24, 2.45) is 23.7 Å². The second-order valence-electron chi connectivity index (χ2n) is 6.43. The van der Waals surface area contributed by atoms with Crippen LogP contribution in [0.4, 0.5) is 0 Å². The van der Waals surface area contributed by atoms with Crippen LogP contribution in [-0.2, 0) is 4.79 Å². The Kier molecular flexibility index (Phi) is 5.04. The van der Waals surface area contributed by atoms with E-state index in [1.54, 1.807) is 0 Å². The molecule has 3 nitrogen and oxygen atoms in total. The van der Waals surface area contributed by atoms with Gasteiger partial charge in [0.1, 0.15) is 0 Å². The number of nitrogens with one attached hydrogen (secondary N) is 1. The zero-order valence-electron chi connectivity index (χ0n) is 11.5. The van der Waals surface area contributed by atoms with Crippen molar-refractivity contribution < 1.29 is 9.90 Å². The Balaban J connectivity index is 1.67. The van der Waals surface area contributed by atoms with Crippen molar-refractivity contribution >= 4 is 5.97 Å². The van der Waals surface area contributed by atoms with E-state index in [2.05, 4.69) is 12.2 Å². The van der Waals surface area contributed by atoms with Gasteiger partial charge in [-0.25, -0.2) is 0 Å². The zero-order valence-corrected chi connectivity index (χ0v) is 11.5. The van der Waals surface area contributed by atoms with Crippen molar-refractivity contribution in [3.63, 3.8) is 0 Å². The van der Waals surface area contributed by atoms with Crippen molar-refractivity contribution in [2.75, 3.05) is 13.1 Å². The van der Waals surface area contributed by atoms with Gasteiger partial charge in [0.25, 0.3) is 0 Å². The smallest absolute Gasteiger partial charge is 0.306 e. The van der Waals surface area contributed by atoms with Crippen molar-refractivity contribution in [3.05, 3.63) is 0 Å². The molecule has 2 fully saturated rings. The molecule has 0 heterocycles. The Morgan fingerprint density at radius 2 is 1.94 bits per heavy atom. The third kappa shape index (κ3) is 3.71. The molecule has 2 aliphatic carbocycles. The third-order valence-electron chi connectivity index (χ3n) is 4.86. The van der Waals surface area contributed by atoms with Crippen LogP contribution in [0.1, 0.15) is 51.9 Å². The first-order valence-corrected chi connectivity index (χ1v) is 7.60. The van der Waals surface area contributed by atoms with E-state index >= 15 is 0 Å². The van der Waals surface area contributed by atoms with Gasteiger partial charge in [0, 0.05) is 0 Å². The Morgan fingerprint density at radius 3 is 2.67 bits per heavy atom. The van der Waals surface area contributed by atoms with Gasteiger partial charge in [-0.15, -0.1) is 0 Å². The molecule has 0 amide bonds. The minimum Gasteiger partial charge on any atom is -0.481 e. The highest BCUT2D eigenvalue weighted by molar-refractivity contribution is 5.70. The lowest BCUT2D eigenvalue weighted by atomic mass is 9.82. The average molecular weight is 253 g/mol. The first-order chi connectivity index (χ1) is 8.66. The van der Waals surface area contributed by atoms with Crippen LogP contribution in [0.15, 0.2) is 0 Å². The Hall–Kier alpha value is -0.570. The highest BCUT2D eigenvalue weighted by atomic mass is 16.4. The summed E-state index contributed by atoms with van der Waals surface area (Å²) in [6.07, 6.45) is 8.51. The van der Waals surface area contributed by atoms with E-state index in [4.69, 9.17) is 5.11 Å². The number of rotatable bonds is 5. The summed E-state index contributed by atoms with van der Waals surface area (Å²) in [6.45, 7) is 4.35. The van der Waals surface area contributed by atoms with E-state index in [-0.39, 0.29) is 5.92 Å². The normalized spacial score (nSPS) is 36.7. The van der Waals surface area contributed by atoms with Gasteiger partial charge in [-0.1, -0.05) is 26.2 Å². The van der Waals surface area contributed by atoms with Gasteiger partial charge in [-0.05, 0) is 56.5 Å². The van der Waals surface area contributed by atoms with Gasteiger partial charge >= 0.3 is 5.97 Å². The summed E-state index contributed by atoms with van der Waals surface area (Å²) in [5.41, 5.74) is 0. The molecule has 0 radical (unpaired) electrons. The molecule has 0 aromatic heterocycles. The summed E-state index contributed by atoms with van der Waals surface area (Å²) >= 11 is 0. The number of carbonyl (C=O) groups is 1. The molecule has 2 saturated carbocycles. The highest BCUT2D eigenvalue weighted by Gasteiger charge is 2.32. The van der Waals surface area contributed by atoms with E-state index in [1.165, 1.54) is 25.7 Å². The lowest BCUT2D eigenvalue weighted by Gasteiger charge is -2.27. The summed E-state index contributed by atoms with van der Waals surface area (Å²) < 4.78 is 0. The van der Waals surface area contributed by atoms with Gasteiger partial charge in [-0.3, -0.25) is 4.79 Å². The molecular weight excluding hydrogens is 226 g/mol. The molecule has 104 valence electrons. The average Bonchev–Trinajstić information content (AvgIpc) is 2.77. The van der Waals surface area contributed by atoms with Crippen LogP contribution in [-0.4, -0.2) is 24.2 Å². The molecule has 2 rings (SSSR count). The van der Waals surface area contributed by atoms with Crippen LogP contribution >= 0.6 is 0 Å². The molecule has 0 aromatic rings. The molecule has 0 bridgehead atoms. The van der Waals surface area contributed by atoms with Crippen LogP contribution in [0, 0.1) is 23.7 Å². The van der Waals surface area contributed by atoms with Crippen LogP contribution < -0.4 is 5.32 Å². The van der Waals surface area contributed by atoms with Crippen molar-refractivity contribution in [3.8, 4) is 0 Å². The maximum Gasteiger partial charge on any atom is 0.306 e. The lowest BCUT2D eigenvalue weighted by Crippen LogP contribution is -2.33. The summed E-state index contributed by atoms with van der Waals surface area (Å²) in [4.78, 5) is 11.1. The molecule has 2 aliphatic rings. The first kappa shape index (κ1) is 13.9. The lowest BCUT2D eigenvalue weighted by molar-refractivity contribution is -0.142. The van der Waals surface area contributed by atoms with Crippen molar-refractivity contribution in [1.29, 1.82) is 0 Å². The third-order valence-corrected chi connectivity index (χ3v) is 4.86. The predicted molar refractivity (Wildman–Crippen MR) is 72.5 cm³/mol. The Labute approximate surface area is 110 Å². The standard InChI is InChI=1S/C15H27NO2/c1-11-4-2-5-12(8-11)9-16-10-13-6-3-7-14(13)15(17)18/h11-14,16H,2-10H2,1H3,(H,17,18). The number of hydrogen-bond donors (Lipinski definition) is 2. The maximum absolute atomic E-state index is 11.1. The zero-order chi connectivity index (χ0) is 13.0. The fourth-order valence-electron chi connectivity index (χ4n) is 3.82. The predicted octanol–water partition coefficient (Wildman–Crippen LogP) is 2.90. The first-order valence-electron chi connectivity index (χ1n) is 7.60. The number of carboxylic acids is 1. The molecule has 3 heteroatoms. The Morgan fingerprint density at radius 1 is 1.17 bits per heavy atom. The molecule has 0 saturated heterocycles. The van der Waals surface area contributed by atoms with Gasteiger partial charge in [0.15, 0.2) is 0 Å². The summed E-state index contributed by atoms with van der Waals surface area (Å²) in [7, 11) is 0. The van der Waals surface area contributed by atoms with E-state index in [1.807, 2.05) is 0 Å². The topological polar surface area (TPSA) is 49.3 Å². The largest absolute Gasteiger partial charge is 0.481 e. The molecule has 18 heavy (non-hydrogen) atoms. The van der Waals surface area contributed by atoms with Crippen LogP contribution in [0.3, 0.4) is 0 Å². The van der Waals surface area contributed by atoms with E-state index in [0.29, 0.717) is 5.92 Å². The van der Waals surface area contributed by atoms with Gasteiger partial charge in [0.2, 0.25) is 0 Å². The molecule has 4 atom stereocenters. The molecule has 0 aromatic carbocycles. The highest BCUT2D eigenvalue weighted by Crippen LogP contribution is 2.32. The summed E-state index contributed by atoms with van der Waals surface area (Å²) in [6, 6.07) is 0. The molecule has 0 spiro atoms. The van der Waals surface area contributed by atoms with Crippen LogP contribution in [0.5, 0.6) is 0 Å².